The van der Waals surface area contributed by atoms with Crippen LogP contribution in [0.25, 0.3) is 0 Å². The molecular formula is C50H95O13P. The predicted octanol–water partition coefficient (Wildman–Crippen LogP) is 11.0. The van der Waals surface area contributed by atoms with Crippen LogP contribution in [0.5, 0.6) is 0 Å². The Morgan fingerprint density at radius 1 is 0.469 bits per heavy atom. The van der Waals surface area contributed by atoms with Gasteiger partial charge in [-0.1, -0.05) is 199 Å². The lowest BCUT2D eigenvalue weighted by Gasteiger charge is -2.41. The van der Waals surface area contributed by atoms with Gasteiger partial charge in [-0.15, -0.1) is 0 Å². The second-order valence-electron chi connectivity index (χ2n) is 18.4. The maximum absolute atomic E-state index is 12.8. The molecule has 6 unspecified atom stereocenters. The molecular weight excluding hydrogens is 840 g/mol. The molecule has 0 bridgehead atoms. The van der Waals surface area contributed by atoms with Gasteiger partial charge in [0.1, 0.15) is 43.2 Å². The van der Waals surface area contributed by atoms with Crippen molar-refractivity contribution in [3.8, 4) is 0 Å². The highest BCUT2D eigenvalue weighted by Gasteiger charge is 2.51. The molecule has 0 spiro atoms. The van der Waals surface area contributed by atoms with E-state index in [-0.39, 0.29) is 12.8 Å². The maximum atomic E-state index is 12.8. The van der Waals surface area contributed by atoms with Crippen LogP contribution in [0.15, 0.2) is 12.2 Å². The van der Waals surface area contributed by atoms with Gasteiger partial charge < -0.3 is 39.9 Å². The minimum Gasteiger partial charge on any atom is -0.462 e. The SMILES string of the molecule is CCCCCCCC/C=C/CCCCCCCCCC(=O)OC[C@H](COP(=O)(O)OC1C(O)C(O)C(O)[C@H](O)C1O)OC(=O)CCCCCCCCCCCCCCCCCCCC. The van der Waals surface area contributed by atoms with E-state index in [9.17, 15) is 44.6 Å². The Hall–Kier alpha value is -1.41. The standard InChI is InChI=1S/C50H95O13P/c1-3-5-7-9-11-13-15-17-19-21-23-25-27-29-31-33-35-37-39-44(52)62-42(41-61-64(58,59)63-50-48(56)46(54)45(53)47(55)49(50)57)40-60-43(51)38-36-34-32-30-28-26-24-22-20-18-16-14-12-10-8-6-4-2/h18,20,42,45-50,53-57H,3-17,19,21-41H2,1-2H3,(H,58,59)/b20-18+/t42-,45?,46+,47?,48?,49?,50?/m1/s1. The fourth-order valence-corrected chi connectivity index (χ4v) is 9.14. The van der Waals surface area contributed by atoms with E-state index in [0.717, 1.165) is 51.4 Å². The zero-order chi connectivity index (χ0) is 47.1. The van der Waals surface area contributed by atoms with Crippen molar-refractivity contribution in [1.29, 1.82) is 0 Å². The summed E-state index contributed by atoms with van der Waals surface area (Å²) in [5, 5.41) is 50.3. The van der Waals surface area contributed by atoms with Crippen LogP contribution in [0.3, 0.4) is 0 Å². The molecule has 1 aliphatic rings. The van der Waals surface area contributed by atoms with Crippen LogP contribution in [0, 0.1) is 0 Å². The van der Waals surface area contributed by atoms with Crippen LogP contribution in [0.4, 0.5) is 0 Å². The Morgan fingerprint density at radius 3 is 1.19 bits per heavy atom. The first kappa shape index (κ1) is 60.6. The third kappa shape index (κ3) is 32.3. The number of unbranched alkanes of at least 4 members (excludes halogenated alkanes) is 30. The number of aliphatic hydroxyl groups is 5. The van der Waals surface area contributed by atoms with Crippen molar-refractivity contribution < 1.29 is 63.1 Å². The van der Waals surface area contributed by atoms with Crippen molar-refractivity contribution >= 4 is 19.8 Å². The van der Waals surface area contributed by atoms with Crippen LogP contribution in [0.2, 0.25) is 0 Å². The number of hydrogen-bond acceptors (Lipinski definition) is 12. The van der Waals surface area contributed by atoms with Crippen LogP contribution in [-0.4, -0.2) is 98.3 Å². The number of aliphatic hydroxyl groups excluding tert-OH is 5. The molecule has 1 saturated carbocycles. The average Bonchev–Trinajstić information content (AvgIpc) is 3.28. The lowest BCUT2D eigenvalue weighted by atomic mass is 9.85. The third-order valence-corrected chi connectivity index (χ3v) is 13.3. The first-order valence-electron chi connectivity index (χ1n) is 26.0. The molecule has 64 heavy (non-hydrogen) atoms. The highest BCUT2D eigenvalue weighted by molar-refractivity contribution is 7.47. The normalized spacial score (nSPS) is 21.6. The Labute approximate surface area is 388 Å². The van der Waals surface area contributed by atoms with E-state index in [4.69, 9.17) is 18.5 Å². The predicted molar refractivity (Wildman–Crippen MR) is 254 cm³/mol. The highest BCUT2D eigenvalue weighted by Crippen LogP contribution is 2.47. The van der Waals surface area contributed by atoms with Crippen molar-refractivity contribution in [1.82, 2.24) is 0 Å². The summed E-state index contributed by atoms with van der Waals surface area (Å²) in [5.41, 5.74) is 0. The molecule has 0 aromatic rings. The minimum absolute atomic E-state index is 0.102. The zero-order valence-electron chi connectivity index (χ0n) is 40.3. The average molecular weight is 935 g/mol. The van der Waals surface area contributed by atoms with Gasteiger partial charge in [0.15, 0.2) is 6.10 Å². The lowest BCUT2D eigenvalue weighted by molar-refractivity contribution is -0.220. The number of allylic oxidation sites excluding steroid dienone is 2. The molecule has 0 radical (unpaired) electrons. The lowest BCUT2D eigenvalue weighted by Crippen LogP contribution is -2.64. The number of esters is 2. The summed E-state index contributed by atoms with van der Waals surface area (Å²) in [6.45, 7) is 3.33. The fraction of sp³-hybridized carbons (Fsp3) is 0.920. The second-order valence-corrected chi connectivity index (χ2v) is 19.8. The molecule has 13 nitrogen and oxygen atoms in total. The van der Waals surface area contributed by atoms with Gasteiger partial charge in [0.05, 0.1) is 6.61 Å². The molecule has 0 heterocycles. The summed E-state index contributed by atoms with van der Waals surface area (Å²) in [6.07, 6.45) is 31.1. The van der Waals surface area contributed by atoms with E-state index in [1.165, 1.54) is 148 Å². The molecule has 0 saturated heterocycles. The Kier molecular flexibility index (Phi) is 38.5. The summed E-state index contributed by atoms with van der Waals surface area (Å²) in [6, 6.07) is 0. The number of carbonyl (C=O) groups excluding carboxylic acids is 2. The smallest absolute Gasteiger partial charge is 0.462 e. The van der Waals surface area contributed by atoms with Crippen molar-refractivity contribution in [2.45, 2.75) is 281 Å². The highest BCUT2D eigenvalue weighted by atomic mass is 31.2. The Bertz CT molecular complexity index is 1170. The van der Waals surface area contributed by atoms with Gasteiger partial charge in [-0.25, -0.2) is 4.57 Å². The quantitative estimate of drug-likeness (QED) is 0.0146. The summed E-state index contributed by atoms with van der Waals surface area (Å²) in [4.78, 5) is 35.8. The van der Waals surface area contributed by atoms with E-state index < -0.39 is 75.7 Å². The number of phosphoric acid groups is 1. The molecule has 1 fully saturated rings. The van der Waals surface area contributed by atoms with Crippen molar-refractivity contribution in [2.24, 2.45) is 0 Å². The molecule has 0 aliphatic heterocycles. The second kappa shape index (κ2) is 40.6. The van der Waals surface area contributed by atoms with E-state index in [1.807, 2.05) is 0 Å². The van der Waals surface area contributed by atoms with Gasteiger partial charge in [-0.3, -0.25) is 18.6 Å². The van der Waals surface area contributed by atoms with Gasteiger partial charge in [0, 0.05) is 12.8 Å². The first-order chi connectivity index (χ1) is 30.9. The topological polar surface area (TPSA) is 210 Å². The van der Waals surface area contributed by atoms with E-state index in [0.29, 0.717) is 12.8 Å². The largest absolute Gasteiger partial charge is 0.472 e. The molecule has 6 N–H and O–H groups in total. The molecule has 1 aliphatic carbocycles. The summed E-state index contributed by atoms with van der Waals surface area (Å²) in [5.74, 6) is -1.09. The number of hydrogen-bond donors (Lipinski definition) is 6. The van der Waals surface area contributed by atoms with E-state index in [1.54, 1.807) is 0 Å². The van der Waals surface area contributed by atoms with E-state index in [2.05, 4.69) is 26.0 Å². The van der Waals surface area contributed by atoms with Crippen molar-refractivity contribution in [2.75, 3.05) is 13.2 Å². The minimum atomic E-state index is -5.12. The first-order valence-corrected chi connectivity index (χ1v) is 27.5. The summed E-state index contributed by atoms with van der Waals surface area (Å²) >= 11 is 0. The van der Waals surface area contributed by atoms with Crippen LogP contribution >= 0.6 is 7.82 Å². The molecule has 0 aromatic carbocycles. The van der Waals surface area contributed by atoms with Crippen LogP contribution in [-0.2, 0) is 32.7 Å². The summed E-state index contributed by atoms with van der Waals surface area (Å²) in [7, 11) is -5.12. The number of phosphoric ester groups is 1. The molecule has 14 heteroatoms. The number of carbonyl (C=O) groups is 2. The van der Waals surface area contributed by atoms with Gasteiger partial charge in [0.25, 0.3) is 0 Å². The van der Waals surface area contributed by atoms with E-state index >= 15 is 0 Å². The van der Waals surface area contributed by atoms with Gasteiger partial charge in [-0.2, -0.15) is 0 Å². The molecule has 0 aromatic heterocycles. The van der Waals surface area contributed by atoms with Crippen LogP contribution < -0.4 is 0 Å². The maximum Gasteiger partial charge on any atom is 0.472 e. The summed E-state index contributed by atoms with van der Waals surface area (Å²) < 4.78 is 33.6. The molecule has 1 rings (SSSR count). The fourth-order valence-electron chi connectivity index (χ4n) is 8.17. The number of ether oxygens (including phenoxy) is 2. The monoisotopic (exact) mass is 935 g/mol. The number of rotatable bonds is 44. The van der Waals surface area contributed by atoms with Crippen molar-refractivity contribution in [3.05, 3.63) is 12.2 Å². The van der Waals surface area contributed by atoms with Gasteiger partial charge >= 0.3 is 19.8 Å². The van der Waals surface area contributed by atoms with Gasteiger partial charge in [0.2, 0.25) is 0 Å². The van der Waals surface area contributed by atoms with Gasteiger partial charge in [-0.05, 0) is 38.5 Å². The van der Waals surface area contributed by atoms with Crippen LogP contribution in [0.1, 0.15) is 239 Å². The van der Waals surface area contributed by atoms with Crippen molar-refractivity contribution in [3.63, 3.8) is 0 Å². The third-order valence-electron chi connectivity index (χ3n) is 12.4. The molecule has 0 amide bonds. The molecule has 8 atom stereocenters. The Balaban J connectivity index is 2.39. The zero-order valence-corrected chi connectivity index (χ0v) is 41.2. The molecule has 378 valence electrons. The Morgan fingerprint density at radius 2 is 0.797 bits per heavy atom.